The van der Waals surface area contributed by atoms with Crippen molar-refractivity contribution in [3.05, 3.63) is 106 Å². The van der Waals surface area contributed by atoms with Gasteiger partial charge in [0.05, 0.1) is 22.4 Å². The van der Waals surface area contributed by atoms with Crippen LogP contribution in [0.5, 0.6) is 11.5 Å². The van der Waals surface area contributed by atoms with Crippen LogP contribution in [0.1, 0.15) is 137 Å². The molecule has 4 heterocycles. The smallest absolute Gasteiger partial charge is 0.312 e. The molecule has 2 atom stereocenters. The third-order valence-electron chi connectivity index (χ3n) is 15.5. The first-order valence-corrected chi connectivity index (χ1v) is 25.1. The minimum Gasteiger partial charge on any atom is -0.455 e. The molecule has 4 fully saturated rings. The summed E-state index contributed by atoms with van der Waals surface area (Å²) in [7, 11) is -4.62. The maximum Gasteiger partial charge on any atom is 0.312 e. The second kappa shape index (κ2) is 17.7. The Morgan fingerprint density at radius 3 is 2.49 bits per heavy atom. The maximum atomic E-state index is 14.1. The highest BCUT2D eigenvalue weighted by Gasteiger charge is 2.51. The largest absolute Gasteiger partial charge is 0.455 e. The van der Waals surface area contributed by atoms with Gasteiger partial charge >= 0.3 is 5.69 Å². The number of sulfonamides is 1. The fourth-order valence-electron chi connectivity index (χ4n) is 11.7. The number of aromatic nitrogens is 3. The average molecular weight is 902 g/mol. The number of pyridine rings is 2. The Labute approximate surface area is 382 Å². The lowest BCUT2D eigenvalue weighted by molar-refractivity contribution is -0.384. The second-order valence-electron chi connectivity index (χ2n) is 20.6. The van der Waals surface area contributed by atoms with Crippen molar-refractivity contribution in [2.75, 3.05) is 29.9 Å². The number of H-pyrrole nitrogens is 1. The van der Waals surface area contributed by atoms with E-state index in [0.717, 1.165) is 80.6 Å². The lowest BCUT2D eigenvalue weighted by atomic mass is 9.53. The van der Waals surface area contributed by atoms with Gasteiger partial charge in [0.1, 0.15) is 22.0 Å². The Bertz CT molecular complexity index is 2690. The summed E-state index contributed by atoms with van der Waals surface area (Å²) in [5.41, 5.74) is 4.79. The highest BCUT2D eigenvalue weighted by molar-refractivity contribution is 7.90. The van der Waals surface area contributed by atoms with E-state index in [9.17, 15) is 23.3 Å². The number of carbonyl (C=O) groups excluding carboxylic acids is 1. The molecule has 0 bridgehead atoms. The monoisotopic (exact) mass is 901 g/mol. The zero-order valence-corrected chi connectivity index (χ0v) is 39.2. The van der Waals surface area contributed by atoms with E-state index in [4.69, 9.17) is 4.74 Å². The van der Waals surface area contributed by atoms with Crippen LogP contribution in [0, 0.1) is 45.6 Å². The molecule has 1 aliphatic heterocycles. The number of hydrogen-bond acceptors (Lipinski definition) is 10. The zero-order valence-electron chi connectivity index (χ0n) is 38.4. The molecule has 1 saturated heterocycles. The van der Waals surface area contributed by atoms with Gasteiger partial charge in [0.2, 0.25) is 5.82 Å². The van der Waals surface area contributed by atoms with Crippen LogP contribution in [0.3, 0.4) is 0 Å². The van der Waals surface area contributed by atoms with Crippen molar-refractivity contribution in [3.63, 3.8) is 0 Å². The van der Waals surface area contributed by atoms with Gasteiger partial charge in [0, 0.05) is 49.0 Å². The van der Waals surface area contributed by atoms with Crippen molar-refractivity contribution >= 4 is 44.2 Å². The fourth-order valence-corrected chi connectivity index (χ4v) is 12.8. The first-order valence-electron chi connectivity index (χ1n) is 23.6. The minimum absolute atomic E-state index is 0.00774. The summed E-state index contributed by atoms with van der Waals surface area (Å²) in [6, 6.07) is 19.0. The number of nitrogens with one attached hydrogen (secondary N) is 3. The Hall–Kier alpha value is -5.50. The number of aryl methyl sites for hydroxylation is 1. The molecule has 1 amide bonds. The van der Waals surface area contributed by atoms with E-state index < -0.39 is 31.4 Å². The number of fused-ring (bicyclic) bond motifs is 1. The van der Waals surface area contributed by atoms with Crippen LogP contribution in [0.2, 0.25) is 0 Å². The van der Waals surface area contributed by atoms with Crippen molar-refractivity contribution in [2.45, 2.75) is 122 Å². The second-order valence-corrected chi connectivity index (χ2v) is 22.3. The molecule has 1 unspecified atom stereocenters. The highest BCUT2D eigenvalue weighted by atomic mass is 32.2. The van der Waals surface area contributed by atoms with Crippen molar-refractivity contribution in [1.82, 2.24) is 19.7 Å². The molecule has 4 aliphatic rings. The Morgan fingerprint density at radius 1 is 1.00 bits per heavy atom. The Morgan fingerprint density at radius 2 is 1.75 bits per heavy atom. The number of benzene rings is 2. The van der Waals surface area contributed by atoms with Crippen molar-refractivity contribution in [3.8, 4) is 11.5 Å². The molecule has 3 saturated carbocycles. The molecule has 1 spiro atoms. The topological polar surface area (TPSA) is 172 Å². The van der Waals surface area contributed by atoms with E-state index in [2.05, 4.69) is 81.9 Å². The molecule has 9 rings (SSSR count). The number of carbonyl (C=O) groups is 1. The average Bonchev–Trinajstić information content (AvgIpc) is 3.95. The van der Waals surface area contributed by atoms with E-state index in [1.54, 1.807) is 36.2 Å². The summed E-state index contributed by atoms with van der Waals surface area (Å²) in [5.74, 6) is 2.61. The van der Waals surface area contributed by atoms with Gasteiger partial charge in [-0.15, -0.1) is 0 Å². The number of aromatic amines is 1. The minimum atomic E-state index is -4.62. The van der Waals surface area contributed by atoms with Crippen LogP contribution in [-0.2, 0) is 10.0 Å². The van der Waals surface area contributed by atoms with Gasteiger partial charge in [0.25, 0.3) is 15.9 Å². The lowest BCUT2D eigenvalue weighted by Gasteiger charge is -2.55. The summed E-state index contributed by atoms with van der Waals surface area (Å²) >= 11 is 0. The fraction of sp³-hybridized carbons (Fsp3) is 0.510. The Balaban J connectivity index is 0.908. The van der Waals surface area contributed by atoms with Crippen LogP contribution >= 0.6 is 0 Å². The van der Waals surface area contributed by atoms with Gasteiger partial charge in [-0.2, -0.15) is 0 Å². The van der Waals surface area contributed by atoms with Gasteiger partial charge in [-0.1, -0.05) is 58.4 Å². The number of ether oxygens (including phenoxy) is 1. The summed E-state index contributed by atoms with van der Waals surface area (Å²) in [6.07, 6.45) is 16.1. The molecule has 3 aliphatic carbocycles. The zero-order chi connectivity index (χ0) is 45.7. The molecule has 2 aromatic carbocycles. The molecule has 65 heavy (non-hydrogen) atoms. The molecule has 5 aromatic rings. The number of nitrogens with zero attached hydrogens (tertiary/aromatic N) is 4. The van der Waals surface area contributed by atoms with E-state index >= 15 is 0 Å². The van der Waals surface area contributed by atoms with Crippen molar-refractivity contribution in [1.29, 1.82) is 0 Å². The lowest BCUT2D eigenvalue weighted by Crippen LogP contribution is -2.49. The maximum absolute atomic E-state index is 14.1. The molecule has 3 aromatic heterocycles. The first-order chi connectivity index (χ1) is 31.1. The molecule has 14 heteroatoms. The quantitative estimate of drug-likeness (QED) is 0.0762. The van der Waals surface area contributed by atoms with Crippen LogP contribution in [-0.4, -0.2) is 53.8 Å². The van der Waals surface area contributed by atoms with Gasteiger partial charge in [0.15, 0.2) is 0 Å². The van der Waals surface area contributed by atoms with Crippen LogP contribution < -0.4 is 19.7 Å². The highest BCUT2D eigenvalue weighted by Crippen LogP contribution is 2.60. The number of amides is 1. The number of piperidine rings is 1. The van der Waals surface area contributed by atoms with Crippen LogP contribution in [0.25, 0.3) is 11.0 Å². The van der Waals surface area contributed by atoms with Gasteiger partial charge in [-0.25, -0.2) is 23.1 Å². The van der Waals surface area contributed by atoms with E-state index in [1.807, 2.05) is 12.1 Å². The van der Waals surface area contributed by atoms with Gasteiger partial charge in [-0.3, -0.25) is 14.9 Å². The third-order valence-corrected chi connectivity index (χ3v) is 16.9. The van der Waals surface area contributed by atoms with Gasteiger partial charge in [-0.05, 0) is 147 Å². The van der Waals surface area contributed by atoms with E-state index in [-0.39, 0.29) is 28.2 Å². The van der Waals surface area contributed by atoms with Crippen LogP contribution in [0.15, 0.2) is 78.0 Å². The number of hydrogen-bond donors (Lipinski definition) is 3. The number of nitro groups is 1. The van der Waals surface area contributed by atoms with E-state index in [0.29, 0.717) is 41.1 Å². The normalized spacial score (nSPS) is 21.1. The molecule has 344 valence electrons. The Kier molecular flexibility index (Phi) is 12.2. The van der Waals surface area contributed by atoms with E-state index in [1.165, 1.54) is 44.6 Å². The molecule has 3 N–H and O–H groups in total. The molecule has 0 radical (unpaired) electrons. The summed E-state index contributed by atoms with van der Waals surface area (Å²) in [4.78, 5) is 39.5. The number of rotatable bonds is 13. The number of anilines is 2. The predicted octanol–water partition coefficient (Wildman–Crippen LogP) is 11.4. The summed E-state index contributed by atoms with van der Waals surface area (Å²) < 4.78 is 36.4. The van der Waals surface area contributed by atoms with Crippen molar-refractivity contribution in [2.24, 2.45) is 28.6 Å². The molecule has 13 nitrogen and oxygen atoms in total. The summed E-state index contributed by atoms with van der Waals surface area (Å²) in [6.45, 7) is 12.8. The molecular formula is C51H63N7O6S. The predicted molar refractivity (Wildman–Crippen MR) is 254 cm³/mol. The summed E-state index contributed by atoms with van der Waals surface area (Å²) in [5, 5.41) is 16.2. The van der Waals surface area contributed by atoms with Crippen molar-refractivity contribution < 1.29 is 22.9 Å². The third kappa shape index (κ3) is 9.33. The first kappa shape index (κ1) is 44.7. The standard InChI is InChI=1S/C51H63N7O6S/c1-32(2)39-9-6-7-10-41(39)42-12-8-11-40(42)36-28-51(29-36)20-23-57(24-21-51)37-13-14-43(45(26-37)64-38-25-35-17-22-52-47(35)54-31-38)49(59)56-65(62,63)46-27-44(58(60)61)48(55-33(46)3)53-30-34-15-18-50(4,5)19-16-34/h6-7,9-10,13-14,17,22,25-27,31-32,34,36,40,42H,8,11-12,15-16,18-21,23-24,28-30H2,1-5H3,(H,52,54)(H,53,55)(H,56,59)/t40?,42-/m1/s1. The van der Waals surface area contributed by atoms with Gasteiger partial charge < -0.3 is 19.9 Å². The molecular weight excluding hydrogens is 839 g/mol. The van der Waals surface area contributed by atoms with Crippen LogP contribution in [0.4, 0.5) is 17.2 Å². The SMILES string of the molecule is Cc1nc(NCC2CCC(C)(C)CC2)c([N+](=O)[O-])cc1S(=O)(=O)NC(=O)c1ccc(N2CCC3(CC2)CC(C2CCC[C@H]2c2ccccc2C(C)C)C3)cc1Oc1cnc2[nH]ccc2c1.